The van der Waals surface area contributed by atoms with Gasteiger partial charge < -0.3 is 9.80 Å². The van der Waals surface area contributed by atoms with Crippen molar-refractivity contribution in [3.8, 4) is 11.1 Å². The van der Waals surface area contributed by atoms with E-state index in [4.69, 9.17) is 0 Å². The minimum atomic E-state index is 0.798. The van der Waals surface area contributed by atoms with Gasteiger partial charge in [-0.25, -0.2) is 0 Å². The highest BCUT2D eigenvalue weighted by Crippen LogP contribution is 2.32. The van der Waals surface area contributed by atoms with Crippen LogP contribution in [-0.4, -0.2) is 42.1 Å². The normalized spacial score (nSPS) is 20.2. The minimum Gasteiger partial charge on any atom is -0.371 e. The van der Waals surface area contributed by atoms with Gasteiger partial charge >= 0.3 is 0 Å². The lowest BCUT2D eigenvalue weighted by Gasteiger charge is -2.41. The van der Waals surface area contributed by atoms with Gasteiger partial charge in [-0.1, -0.05) is 30.7 Å². The quantitative estimate of drug-likeness (QED) is 0.844. The molecule has 4 rings (SSSR count). The fraction of sp³-hybridized carbons (Fsp3) is 0.476. The number of para-hydroxylation sites is 1. The molecule has 1 aromatic heterocycles. The van der Waals surface area contributed by atoms with Crippen LogP contribution < -0.4 is 4.90 Å². The molecule has 0 spiro atoms. The number of aromatic nitrogens is 1. The molecule has 2 fully saturated rings. The summed E-state index contributed by atoms with van der Waals surface area (Å²) >= 11 is 0. The molecule has 3 heteroatoms. The van der Waals surface area contributed by atoms with E-state index in [1.54, 1.807) is 0 Å². The van der Waals surface area contributed by atoms with Crippen LogP contribution in [0.1, 0.15) is 32.1 Å². The molecule has 2 aliphatic rings. The second kappa shape index (κ2) is 7.35. The monoisotopic (exact) mass is 321 g/mol. The highest BCUT2D eigenvalue weighted by Gasteiger charge is 2.26. The number of benzene rings is 1. The van der Waals surface area contributed by atoms with Gasteiger partial charge in [0.05, 0.1) is 0 Å². The van der Waals surface area contributed by atoms with Crippen LogP contribution in [0.25, 0.3) is 11.1 Å². The van der Waals surface area contributed by atoms with E-state index in [1.807, 2.05) is 18.5 Å². The number of pyridine rings is 1. The minimum absolute atomic E-state index is 0.798. The summed E-state index contributed by atoms with van der Waals surface area (Å²) in [6.45, 7) is 4.96. The molecule has 24 heavy (non-hydrogen) atoms. The smallest absolute Gasteiger partial charge is 0.0446 e. The molecule has 0 saturated carbocycles. The fourth-order valence-electron chi connectivity index (χ4n) is 4.27. The Morgan fingerprint density at radius 2 is 1.62 bits per heavy atom. The van der Waals surface area contributed by atoms with Crippen molar-refractivity contribution in [3.63, 3.8) is 0 Å². The Balaban J connectivity index is 1.48. The third kappa shape index (κ3) is 3.32. The highest BCUT2D eigenvalue weighted by atomic mass is 15.2. The standard InChI is InChI=1S/C21H27N3/c1-4-13-23(14-5-1)19-10-15-24(16-11-19)21-9-3-2-8-20(21)18-7-6-12-22-17-18/h2-3,6-9,12,17,19H,1,4-5,10-11,13-16H2. The maximum atomic E-state index is 4.30. The zero-order chi connectivity index (χ0) is 16.2. The van der Waals surface area contributed by atoms with Crippen molar-refractivity contribution in [2.75, 3.05) is 31.1 Å². The average molecular weight is 321 g/mol. The number of likely N-dealkylation sites (tertiary alicyclic amines) is 1. The van der Waals surface area contributed by atoms with Crippen molar-refractivity contribution in [1.82, 2.24) is 9.88 Å². The molecule has 126 valence electrons. The lowest BCUT2D eigenvalue weighted by Crippen LogP contribution is -2.46. The van der Waals surface area contributed by atoms with Gasteiger partial charge in [-0.2, -0.15) is 0 Å². The van der Waals surface area contributed by atoms with Crippen LogP contribution in [0, 0.1) is 0 Å². The average Bonchev–Trinajstić information content (AvgIpc) is 2.69. The largest absolute Gasteiger partial charge is 0.371 e. The molecule has 2 saturated heterocycles. The van der Waals surface area contributed by atoms with E-state index in [9.17, 15) is 0 Å². The third-order valence-corrected chi connectivity index (χ3v) is 5.59. The Bertz CT molecular complexity index is 641. The van der Waals surface area contributed by atoms with Crippen molar-refractivity contribution in [2.24, 2.45) is 0 Å². The Morgan fingerprint density at radius 3 is 2.38 bits per heavy atom. The van der Waals surface area contributed by atoms with E-state index >= 15 is 0 Å². The zero-order valence-electron chi connectivity index (χ0n) is 14.4. The lowest BCUT2D eigenvalue weighted by atomic mass is 9.98. The molecule has 2 aliphatic heterocycles. The summed E-state index contributed by atoms with van der Waals surface area (Å²) in [5.74, 6) is 0. The van der Waals surface area contributed by atoms with E-state index in [0.717, 1.165) is 6.04 Å². The van der Waals surface area contributed by atoms with Crippen LogP contribution in [0.15, 0.2) is 48.8 Å². The van der Waals surface area contributed by atoms with E-state index < -0.39 is 0 Å². The number of hydrogen-bond donors (Lipinski definition) is 0. The third-order valence-electron chi connectivity index (χ3n) is 5.59. The van der Waals surface area contributed by atoms with Crippen molar-refractivity contribution in [3.05, 3.63) is 48.8 Å². The molecule has 1 aromatic carbocycles. The van der Waals surface area contributed by atoms with Crippen LogP contribution in [0.2, 0.25) is 0 Å². The summed E-state index contributed by atoms with van der Waals surface area (Å²) in [6, 6.07) is 13.8. The Labute approximate surface area is 145 Å². The molecule has 0 radical (unpaired) electrons. The topological polar surface area (TPSA) is 19.4 Å². The molecule has 3 heterocycles. The van der Waals surface area contributed by atoms with Crippen molar-refractivity contribution < 1.29 is 0 Å². The second-order valence-corrected chi connectivity index (χ2v) is 7.07. The second-order valence-electron chi connectivity index (χ2n) is 7.07. The van der Waals surface area contributed by atoms with Crippen molar-refractivity contribution >= 4 is 5.69 Å². The molecule has 3 nitrogen and oxygen atoms in total. The number of rotatable bonds is 3. The number of nitrogens with zero attached hydrogens (tertiary/aromatic N) is 3. The molecular formula is C21H27N3. The molecule has 2 aromatic rings. The molecule has 0 amide bonds. The van der Waals surface area contributed by atoms with Crippen LogP contribution >= 0.6 is 0 Å². The maximum Gasteiger partial charge on any atom is 0.0446 e. The van der Waals surface area contributed by atoms with Gasteiger partial charge in [-0.3, -0.25) is 4.98 Å². The number of piperidine rings is 2. The first-order chi connectivity index (χ1) is 11.9. The number of anilines is 1. The van der Waals surface area contributed by atoms with Crippen LogP contribution in [0.5, 0.6) is 0 Å². The summed E-state index contributed by atoms with van der Waals surface area (Å²) in [5.41, 5.74) is 3.89. The summed E-state index contributed by atoms with van der Waals surface area (Å²) in [4.78, 5) is 9.61. The van der Waals surface area contributed by atoms with E-state index in [-0.39, 0.29) is 0 Å². The van der Waals surface area contributed by atoms with Gasteiger partial charge in [0.2, 0.25) is 0 Å². The lowest BCUT2D eigenvalue weighted by molar-refractivity contribution is 0.141. The van der Waals surface area contributed by atoms with Gasteiger partial charge in [-0.15, -0.1) is 0 Å². The molecule has 0 unspecified atom stereocenters. The van der Waals surface area contributed by atoms with Crippen molar-refractivity contribution in [1.29, 1.82) is 0 Å². The Hall–Kier alpha value is -1.87. The van der Waals surface area contributed by atoms with Crippen LogP contribution in [0.3, 0.4) is 0 Å². The molecule has 0 N–H and O–H groups in total. The van der Waals surface area contributed by atoms with Crippen LogP contribution in [0.4, 0.5) is 5.69 Å². The van der Waals surface area contributed by atoms with Crippen molar-refractivity contribution in [2.45, 2.75) is 38.1 Å². The predicted octanol–water partition coefficient (Wildman–Crippen LogP) is 4.20. The summed E-state index contributed by atoms with van der Waals surface area (Å²) in [5, 5.41) is 0. The predicted molar refractivity (Wildman–Crippen MR) is 100 cm³/mol. The molecule has 0 atom stereocenters. The summed E-state index contributed by atoms with van der Waals surface area (Å²) in [7, 11) is 0. The fourth-order valence-corrected chi connectivity index (χ4v) is 4.27. The van der Waals surface area contributed by atoms with E-state index in [0.29, 0.717) is 0 Å². The van der Waals surface area contributed by atoms with Gasteiger partial charge in [0, 0.05) is 48.3 Å². The highest BCUT2D eigenvalue weighted by molar-refractivity contribution is 5.78. The Kier molecular flexibility index (Phi) is 4.79. The van der Waals surface area contributed by atoms with E-state index in [2.05, 4.69) is 45.1 Å². The molecular weight excluding hydrogens is 294 g/mol. The van der Waals surface area contributed by atoms with Gasteiger partial charge in [-0.05, 0) is 50.9 Å². The van der Waals surface area contributed by atoms with Crippen LogP contribution in [-0.2, 0) is 0 Å². The zero-order valence-corrected chi connectivity index (χ0v) is 14.4. The summed E-state index contributed by atoms with van der Waals surface area (Å²) in [6.07, 6.45) is 10.6. The number of hydrogen-bond acceptors (Lipinski definition) is 3. The SMILES string of the molecule is c1cncc(-c2ccccc2N2CCC(N3CCCCC3)CC2)c1. The Morgan fingerprint density at radius 1 is 0.833 bits per heavy atom. The maximum absolute atomic E-state index is 4.30. The summed E-state index contributed by atoms with van der Waals surface area (Å²) < 4.78 is 0. The first-order valence-corrected chi connectivity index (χ1v) is 9.40. The molecule has 0 bridgehead atoms. The molecule has 0 aliphatic carbocycles. The van der Waals surface area contributed by atoms with Gasteiger partial charge in [0.15, 0.2) is 0 Å². The van der Waals surface area contributed by atoms with E-state index in [1.165, 1.54) is 75.1 Å². The van der Waals surface area contributed by atoms with Gasteiger partial charge in [0.25, 0.3) is 0 Å². The first-order valence-electron chi connectivity index (χ1n) is 9.40. The first kappa shape index (κ1) is 15.6. The van der Waals surface area contributed by atoms with Gasteiger partial charge in [0.1, 0.15) is 0 Å².